The molecule has 1 aliphatic heterocycles. The molecule has 4 nitrogen and oxygen atoms in total. The van der Waals surface area contributed by atoms with Gasteiger partial charge in [-0.15, -0.1) is 11.3 Å². The van der Waals surface area contributed by atoms with Gasteiger partial charge >= 0.3 is 0 Å². The van der Waals surface area contributed by atoms with Crippen LogP contribution >= 0.6 is 11.3 Å². The largest absolute Gasteiger partial charge is 0.462 e. The van der Waals surface area contributed by atoms with Crippen molar-refractivity contribution in [2.45, 2.75) is 25.4 Å². The van der Waals surface area contributed by atoms with Gasteiger partial charge in [0.05, 0.1) is 12.0 Å². The van der Waals surface area contributed by atoms with E-state index in [1.807, 2.05) is 12.1 Å². The molecule has 1 saturated heterocycles. The second-order valence-electron chi connectivity index (χ2n) is 4.96. The third-order valence-corrected chi connectivity index (χ3v) is 4.25. The molecule has 1 unspecified atom stereocenters. The van der Waals surface area contributed by atoms with Gasteiger partial charge < -0.3 is 15.1 Å². The van der Waals surface area contributed by atoms with Gasteiger partial charge in [0.25, 0.3) is 0 Å². The minimum atomic E-state index is 0.203. The van der Waals surface area contributed by atoms with Crippen LogP contribution in [0, 0.1) is 0 Å². The van der Waals surface area contributed by atoms with Crippen molar-refractivity contribution in [2.24, 2.45) is 0 Å². The highest BCUT2D eigenvalue weighted by Gasteiger charge is 2.27. The molecule has 0 aliphatic carbocycles. The first kappa shape index (κ1) is 11.9. The molecule has 18 heavy (non-hydrogen) atoms. The summed E-state index contributed by atoms with van der Waals surface area (Å²) in [5.41, 5.74) is 1.29. The van der Waals surface area contributed by atoms with Crippen molar-refractivity contribution < 1.29 is 4.42 Å². The summed E-state index contributed by atoms with van der Waals surface area (Å²) in [5, 5.41) is 10.0. The summed E-state index contributed by atoms with van der Waals surface area (Å²) < 4.78 is 5.35. The normalized spacial score (nSPS) is 23.6. The lowest BCUT2D eigenvalue weighted by Gasteiger charge is -2.23. The van der Waals surface area contributed by atoms with E-state index in [0.717, 1.165) is 36.1 Å². The van der Waals surface area contributed by atoms with Gasteiger partial charge in [-0.25, -0.2) is 4.98 Å². The average molecular weight is 263 g/mol. The van der Waals surface area contributed by atoms with Gasteiger partial charge in [0, 0.05) is 24.0 Å². The SMILES string of the molecule is CC1(NCc2csc(-c3ccco3)n2)CCNC1. The maximum atomic E-state index is 5.35. The first-order chi connectivity index (χ1) is 8.75. The number of nitrogens with one attached hydrogen (secondary N) is 2. The van der Waals surface area contributed by atoms with Crippen LogP contribution in [0.3, 0.4) is 0 Å². The summed E-state index contributed by atoms with van der Waals surface area (Å²) in [6.45, 7) is 5.20. The maximum absolute atomic E-state index is 5.35. The predicted octanol–water partition coefficient (Wildman–Crippen LogP) is 2.24. The Hall–Kier alpha value is -1.17. The molecule has 3 heterocycles. The van der Waals surface area contributed by atoms with Crippen molar-refractivity contribution in [3.05, 3.63) is 29.5 Å². The van der Waals surface area contributed by atoms with Crippen molar-refractivity contribution in [1.29, 1.82) is 0 Å². The van der Waals surface area contributed by atoms with Crippen LogP contribution in [0.25, 0.3) is 10.8 Å². The molecule has 2 N–H and O–H groups in total. The Morgan fingerprint density at radius 1 is 1.61 bits per heavy atom. The van der Waals surface area contributed by atoms with Crippen LogP contribution < -0.4 is 10.6 Å². The zero-order valence-corrected chi connectivity index (χ0v) is 11.2. The molecule has 3 rings (SSSR count). The van der Waals surface area contributed by atoms with Crippen molar-refractivity contribution >= 4 is 11.3 Å². The highest BCUT2D eigenvalue weighted by molar-refractivity contribution is 7.13. The lowest BCUT2D eigenvalue weighted by molar-refractivity contribution is 0.384. The second kappa shape index (κ2) is 4.84. The quantitative estimate of drug-likeness (QED) is 0.888. The van der Waals surface area contributed by atoms with Crippen molar-refractivity contribution in [2.75, 3.05) is 13.1 Å². The molecular weight excluding hydrogens is 246 g/mol. The van der Waals surface area contributed by atoms with Crippen LogP contribution in [0.4, 0.5) is 0 Å². The Labute approximate surface area is 110 Å². The van der Waals surface area contributed by atoms with E-state index in [-0.39, 0.29) is 5.54 Å². The Balaban J connectivity index is 1.64. The van der Waals surface area contributed by atoms with E-state index in [0.29, 0.717) is 0 Å². The van der Waals surface area contributed by atoms with E-state index in [1.165, 1.54) is 6.42 Å². The molecule has 0 saturated carbocycles. The minimum absolute atomic E-state index is 0.203. The summed E-state index contributed by atoms with van der Waals surface area (Å²) in [7, 11) is 0. The molecule has 96 valence electrons. The molecule has 0 amide bonds. The Bertz CT molecular complexity index is 500. The second-order valence-corrected chi connectivity index (χ2v) is 5.82. The highest BCUT2D eigenvalue weighted by Crippen LogP contribution is 2.24. The van der Waals surface area contributed by atoms with Crippen LogP contribution in [0.5, 0.6) is 0 Å². The molecule has 1 atom stereocenters. The van der Waals surface area contributed by atoms with Crippen molar-refractivity contribution in [3.63, 3.8) is 0 Å². The lowest BCUT2D eigenvalue weighted by Crippen LogP contribution is -2.43. The highest BCUT2D eigenvalue weighted by atomic mass is 32.1. The van der Waals surface area contributed by atoms with E-state index in [4.69, 9.17) is 4.42 Å². The lowest BCUT2D eigenvalue weighted by atomic mass is 10.0. The smallest absolute Gasteiger partial charge is 0.162 e. The summed E-state index contributed by atoms with van der Waals surface area (Å²) in [6.07, 6.45) is 2.85. The van der Waals surface area contributed by atoms with E-state index < -0.39 is 0 Å². The zero-order chi connectivity index (χ0) is 12.4. The average Bonchev–Trinajstić information content (AvgIpc) is 3.08. The predicted molar refractivity (Wildman–Crippen MR) is 72.5 cm³/mol. The van der Waals surface area contributed by atoms with Crippen LogP contribution in [0.1, 0.15) is 19.0 Å². The molecule has 0 bridgehead atoms. The van der Waals surface area contributed by atoms with Gasteiger partial charge in [0.2, 0.25) is 0 Å². The minimum Gasteiger partial charge on any atom is -0.462 e. The van der Waals surface area contributed by atoms with E-state index in [1.54, 1.807) is 17.6 Å². The molecule has 0 radical (unpaired) electrons. The van der Waals surface area contributed by atoms with Gasteiger partial charge in [0.1, 0.15) is 0 Å². The van der Waals surface area contributed by atoms with Gasteiger partial charge in [-0.2, -0.15) is 0 Å². The summed E-state index contributed by atoms with van der Waals surface area (Å²) in [4.78, 5) is 4.59. The summed E-state index contributed by atoms with van der Waals surface area (Å²) in [5.74, 6) is 0.847. The van der Waals surface area contributed by atoms with E-state index in [9.17, 15) is 0 Å². The van der Waals surface area contributed by atoms with Crippen LogP contribution in [-0.2, 0) is 6.54 Å². The fourth-order valence-electron chi connectivity index (χ4n) is 2.17. The molecule has 5 heteroatoms. The zero-order valence-electron chi connectivity index (χ0n) is 10.4. The number of hydrogen-bond donors (Lipinski definition) is 2. The Morgan fingerprint density at radius 2 is 2.56 bits per heavy atom. The summed E-state index contributed by atoms with van der Waals surface area (Å²) >= 11 is 1.63. The topological polar surface area (TPSA) is 50.1 Å². The molecule has 1 fully saturated rings. The Morgan fingerprint density at radius 3 is 3.28 bits per heavy atom. The number of nitrogens with zero attached hydrogens (tertiary/aromatic N) is 1. The third kappa shape index (κ3) is 2.48. The fraction of sp³-hybridized carbons (Fsp3) is 0.462. The van der Waals surface area contributed by atoms with Gasteiger partial charge in [-0.3, -0.25) is 0 Å². The van der Waals surface area contributed by atoms with Gasteiger partial charge in [-0.05, 0) is 32.0 Å². The maximum Gasteiger partial charge on any atom is 0.162 e. The van der Waals surface area contributed by atoms with Gasteiger partial charge in [-0.1, -0.05) is 0 Å². The number of hydrogen-bond acceptors (Lipinski definition) is 5. The molecule has 2 aromatic rings. The van der Waals surface area contributed by atoms with Crippen LogP contribution in [0.2, 0.25) is 0 Å². The molecule has 1 aliphatic rings. The molecule has 2 aromatic heterocycles. The number of furan rings is 1. The van der Waals surface area contributed by atoms with Gasteiger partial charge in [0.15, 0.2) is 10.8 Å². The fourth-order valence-corrected chi connectivity index (χ4v) is 2.96. The number of thiazole rings is 1. The van der Waals surface area contributed by atoms with Crippen LogP contribution in [0.15, 0.2) is 28.2 Å². The van der Waals surface area contributed by atoms with Crippen LogP contribution in [-0.4, -0.2) is 23.6 Å². The molecular formula is C13H17N3OS. The van der Waals surface area contributed by atoms with Crippen molar-refractivity contribution in [3.8, 4) is 10.8 Å². The first-order valence-corrected chi connectivity index (χ1v) is 7.07. The number of rotatable bonds is 4. The van der Waals surface area contributed by atoms with E-state index in [2.05, 4.69) is 27.9 Å². The first-order valence-electron chi connectivity index (χ1n) is 6.19. The molecule has 0 spiro atoms. The monoisotopic (exact) mass is 263 g/mol. The third-order valence-electron chi connectivity index (χ3n) is 3.35. The summed E-state index contributed by atoms with van der Waals surface area (Å²) in [6, 6.07) is 3.83. The number of aromatic nitrogens is 1. The Kier molecular flexibility index (Phi) is 3.20. The molecule has 0 aromatic carbocycles. The standard InChI is InChI=1S/C13H17N3OS/c1-13(4-5-14-9-13)15-7-10-8-18-12(16-10)11-3-2-6-17-11/h2-3,6,8,14-15H,4-5,7,9H2,1H3. The van der Waals surface area contributed by atoms with E-state index >= 15 is 0 Å². The van der Waals surface area contributed by atoms with Crippen molar-refractivity contribution in [1.82, 2.24) is 15.6 Å².